The second kappa shape index (κ2) is 6.17. The Morgan fingerprint density at radius 3 is 2.24 bits per heavy atom. The Morgan fingerprint density at radius 2 is 1.71 bits per heavy atom. The molecule has 2 atom stereocenters. The molecule has 3 fully saturated rings. The molecule has 0 radical (unpaired) electrons. The standard InChI is InChI=1S/C18H34N2O/c1-3-17(4-2)9-11-20(12-10-17)16-7-8-18(13-16,14-21)19-15-5-6-15/h15-16,19,21H,3-14H2,1-2H3. The molecule has 0 aromatic heterocycles. The van der Waals surface area contributed by atoms with Gasteiger partial charge < -0.3 is 15.3 Å². The first kappa shape index (κ1) is 15.8. The van der Waals surface area contributed by atoms with Crippen LogP contribution in [0.15, 0.2) is 0 Å². The molecule has 1 heterocycles. The van der Waals surface area contributed by atoms with Crippen LogP contribution >= 0.6 is 0 Å². The van der Waals surface area contributed by atoms with Crippen molar-refractivity contribution in [2.45, 2.75) is 89.3 Å². The van der Waals surface area contributed by atoms with Crippen LogP contribution in [0.1, 0.15) is 71.6 Å². The molecule has 3 heteroatoms. The van der Waals surface area contributed by atoms with Crippen molar-refractivity contribution in [1.82, 2.24) is 10.2 Å². The number of hydrogen-bond donors (Lipinski definition) is 2. The lowest BCUT2D eigenvalue weighted by molar-refractivity contribution is 0.0617. The number of likely N-dealkylation sites (tertiary alicyclic amines) is 1. The van der Waals surface area contributed by atoms with Crippen molar-refractivity contribution in [3.63, 3.8) is 0 Å². The molecular formula is C18H34N2O. The number of rotatable bonds is 6. The van der Waals surface area contributed by atoms with Gasteiger partial charge in [0, 0.05) is 17.6 Å². The zero-order valence-electron chi connectivity index (χ0n) is 14.0. The van der Waals surface area contributed by atoms with E-state index in [1.165, 1.54) is 58.0 Å². The first-order chi connectivity index (χ1) is 10.1. The Hall–Kier alpha value is -0.120. The van der Waals surface area contributed by atoms with Crippen molar-refractivity contribution in [2.24, 2.45) is 5.41 Å². The first-order valence-electron chi connectivity index (χ1n) is 9.27. The zero-order chi connectivity index (χ0) is 14.9. The molecule has 2 aliphatic carbocycles. The van der Waals surface area contributed by atoms with Gasteiger partial charge in [0.1, 0.15) is 0 Å². The minimum atomic E-state index is 0.0376. The Kier molecular flexibility index (Phi) is 4.63. The summed E-state index contributed by atoms with van der Waals surface area (Å²) in [7, 11) is 0. The summed E-state index contributed by atoms with van der Waals surface area (Å²) >= 11 is 0. The van der Waals surface area contributed by atoms with E-state index in [1.54, 1.807) is 0 Å². The summed E-state index contributed by atoms with van der Waals surface area (Å²) in [5.41, 5.74) is 0.658. The van der Waals surface area contributed by atoms with Crippen LogP contribution in [-0.4, -0.2) is 47.3 Å². The van der Waals surface area contributed by atoms with Gasteiger partial charge in [0.05, 0.1) is 6.61 Å². The van der Waals surface area contributed by atoms with Gasteiger partial charge in [0.2, 0.25) is 0 Å². The molecule has 2 N–H and O–H groups in total. The molecular weight excluding hydrogens is 260 g/mol. The van der Waals surface area contributed by atoms with Crippen molar-refractivity contribution in [1.29, 1.82) is 0 Å². The third-order valence-corrected chi connectivity index (χ3v) is 6.85. The van der Waals surface area contributed by atoms with Gasteiger partial charge in [0.15, 0.2) is 0 Å². The quantitative estimate of drug-likeness (QED) is 0.790. The van der Waals surface area contributed by atoms with E-state index in [2.05, 4.69) is 24.1 Å². The Bertz CT molecular complexity index is 341. The van der Waals surface area contributed by atoms with Gasteiger partial charge in [-0.05, 0) is 63.5 Å². The molecule has 0 aromatic rings. The number of nitrogens with one attached hydrogen (secondary N) is 1. The van der Waals surface area contributed by atoms with Gasteiger partial charge in [-0.15, -0.1) is 0 Å². The first-order valence-corrected chi connectivity index (χ1v) is 9.27. The van der Waals surface area contributed by atoms with E-state index < -0.39 is 0 Å². The minimum absolute atomic E-state index is 0.0376. The molecule has 3 rings (SSSR count). The number of aliphatic hydroxyl groups excluding tert-OH is 1. The predicted molar refractivity (Wildman–Crippen MR) is 87.4 cm³/mol. The molecule has 3 aliphatic rings. The van der Waals surface area contributed by atoms with Gasteiger partial charge in [-0.2, -0.15) is 0 Å². The predicted octanol–water partition coefficient (Wildman–Crippen LogP) is 2.92. The van der Waals surface area contributed by atoms with Crippen LogP contribution < -0.4 is 5.32 Å². The third-order valence-electron chi connectivity index (χ3n) is 6.85. The fourth-order valence-corrected chi connectivity index (χ4v) is 4.71. The van der Waals surface area contributed by atoms with Crippen molar-refractivity contribution in [3.05, 3.63) is 0 Å². The molecule has 2 saturated carbocycles. The molecule has 122 valence electrons. The Balaban J connectivity index is 1.54. The van der Waals surface area contributed by atoms with E-state index in [0.29, 0.717) is 24.1 Å². The number of piperidine rings is 1. The highest BCUT2D eigenvalue weighted by molar-refractivity contribution is 5.03. The van der Waals surface area contributed by atoms with E-state index in [-0.39, 0.29) is 5.54 Å². The lowest BCUT2D eigenvalue weighted by Crippen LogP contribution is -2.50. The molecule has 1 aliphatic heterocycles. The average molecular weight is 294 g/mol. The average Bonchev–Trinajstić information content (AvgIpc) is 3.24. The van der Waals surface area contributed by atoms with Crippen molar-refractivity contribution >= 4 is 0 Å². The summed E-state index contributed by atoms with van der Waals surface area (Å²) in [4.78, 5) is 2.73. The third kappa shape index (κ3) is 3.30. The summed E-state index contributed by atoms with van der Waals surface area (Å²) < 4.78 is 0. The topological polar surface area (TPSA) is 35.5 Å². The van der Waals surface area contributed by atoms with Crippen molar-refractivity contribution in [3.8, 4) is 0 Å². The highest BCUT2D eigenvalue weighted by atomic mass is 16.3. The van der Waals surface area contributed by atoms with E-state index in [4.69, 9.17) is 0 Å². The van der Waals surface area contributed by atoms with E-state index in [1.807, 2.05) is 0 Å². The molecule has 0 bridgehead atoms. The van der Waals surface area contributed by atoms with Gasteiger partial charge in [-0.25, -0.2) is 0 Å². The minimum Gasteiger partial charge on any atom is -0.394 e. The highest BCUT2D eigenvalue weighted by Crippen LogP contribution is 2.42. The fraction of sp³-hybridized carbons (Fsp3) is 1.00. The Labute approximate surface area is 130 Å². The Morgan fingerprint density at radius 1 is 1.05 bits per heavy atom. The van der Waals surface area contributed by atoms with Gasteiger partial charge in [-0.3, -0.25) is 0 Å². The molecule has 21 heavy (non-hydrogen) atoms. The van der Waals surface area contributed by atoms with Crippen molar-refractivity contribution in [2.75, 3.05) is 19.7 Å². The number of nitrogens with zero attached hydrogens (tertiary/aromatic N) is 1. The van der Waals surface area contributed by atoms with Gasteiger partial charge in [-0.1, -0.05) is 26.7 Å². The van der Waals surface area contributed by atoms with Crippen LogP contribution in [0.4, 0.5) is 0 Å². The largest absolute Gasteiger partial charge is 0.394 e. The summed E-state index contributed by atoms with van der Waals surface area (Å²) in [6.45, 7) is 7.60. The van der Waals surface area contributed by atoms with Crippen LogP contribution in [0.2, 0.25) is 0 Å². The van der Waals surface area contributed by atoms with Crippen LogP contribution in [-0.2, 0) is 0 Å². The molecule has 0 amide bonds. The molecule has 0 spiro atoms. The molecule has 1 saturated heterocycles. The van der Waals surface area contributed by atoms with E-state index in [0.717, 1.165) is 12.8 Å². The fourth-order valence-electron chi connectivity index (χ4n) is 4.71. The van der Waals surface area contributed by atoms with Gasteiger partial charge in [0.25, 0.3) is 0 Å². The number of aliphatic hydroxyl groups is 1. The van der Waals surface area contributed by atoms with Crippen LogP contribution in [0.3, 0.4) is 0 Å². The highest BCUT2D eigenvalue weighted by Gasteiger charge is 2.44. The number of hydrogen-bond acceptors (Lipinski definition) is 3. The monoisotopic (exact) mass is 294 g/mol. The molecule has 0 aromatic carbocycles. The maximum absolute atomic E-state index is 9.89. The van der Waals surface area contributed by atoms with E-state index >= 15 is 0 Å². The molecule has 3 nitrogen and oxygen atoms in total. The van der Waals surface area contributed by atoms with Crippen molar-refractivity contribution < 1.29 is 5.11 Å². The maximum atomic E-state index is 9.89. The second-order valence-corrected chi connectivity index (χ2v) is 8.00. The normalized spacial score (nSPS) is 37.0. The zero-order valence-corrected chi connectivity index (χ0v) is 14.0. The lowest BCUT2D eigenvalue weighted by atomic mass is 9.74. The van der Waals surface area contributed by atoms with Gasteiger partial charge >= 0.3 is 0 Å². The summed E-state index contributed by atoms with van der Waals surface area (Å²) in [5.74, 6) is 0. The SMILES string of the molecule is CCC1(CC)CCN(C2CCC(CO)(NC3CC3)C2)CC1. The van der Waals surface area contributed by atoms with E-state index in [9.17, 15) is 5.11 Å². The smallest absolute Gasteiger partial charge is 0.0614 e. The summed E-state index contributed by atoms with van der Waals surface area (Å²) in [6.07, 6.45) is 11.6. The van der Waals surface area contributed by atoms with Crippen LogP contribution in [0.25, 0.3) is 0 Å². The summed E-state index contributed by atoms with van der Waals surface area (Å²) in [5, 5.41) is 13.6. The lowest BCUT2D eigenvalue weighted by Gasteiger charge is -2.43. The maximum Gasteiger partial charge on any atom is 0.0614 e. The molecule has 2 unspecified atom stereocenters. The summed E-state index contributed by atoms with van der Waals surface area (Å²) in [6, 6.07) is 1.40. The van der Waals surface area contributed by atoms with Crippen LogP contribution in [0.5, 0.6) is 0 Å². The second-order valence-electron chi connectivity index (χ2n) is 8.00. The van der Waals surface area contributed by atoms with Crippen LogP contribution in [0, 0.1) is 5.41 Å².